The summed E-state index contributed by atoms with van der Waals surface area (Å²) in [6.45, 7) is 2.83. The lowest BCUT2D eigenvalue weighted by atomic mass is 10.2. The van der Waals surface area contributed by atoms with Crippen LogP contribution in [-0.2, 0) is 6.54 Å². The molecule has 2 heterocycles. The van der Waals surface area contributed by atoms with Crippen molar-refractivity contribution >= 4 is 11.8 Å². The highest BCUT2D eigenvalue weighted by Crippen LogP contribution is 2.20. The summed E-state index contributed by atoms with van der Waals surface area (Å²) in [5, 5.41) is 3.03. The van der Waals surface area contributed by atoms with Crippen molar-refractivity contribution in [2.24, 2.45) is 10.7 Å². The molecule has 120 valence electrons. The Balaban J connectivity index is 1.55. The second-order valence-corrected chi connectivity index (χ2v) is 5.82. The van der Waals surface area contributed by atoms with Gasteiger partial charge in [-0.2, -0.15) is 0 Å². The second-order valence-electron chi connectivity index (χ2n) is 5.82. The molecule has 0 aliphatic carbocycles. The zero-order valence-electron chi connectivity index (χ0n) is 13.2. The molecule has 1 unspecified atom stereocenters. The number of nitrogens with two attached hydrogens (primary N) is 1. The van der Waals surface area contributed by atoms with E-state index in [1.807, 2.05) is 18.2 Å². The van der Waals surface area contributed by atoms with E-state index in [2.05, 4.69) is 50.5 Å². The monoisotopic (exact) mass is 309 g/mol. The summed E-state index contributed by atoms with van der Waals surface area (Å²) in [6, 6.07) is 16.7. The molecule has 1 atom stereocenters. The first-order valence-electron chi connectivity index (χ1n) is 8.07. The molecule has 5 heteroatoms. The Morgan fingerprint density at radius 2 is 2.04 bits per heavy atom. The van der Waals surface area contributed by atoms with Gasteiger partial charge in [-0.1, -0.05) is 36.4 Å². The number of rotatable bonds is 5. The maximum atomic E-state index is 5.96. The van der Waals surface area contributed by atoms with Gasteiger partial charge in [0.2, 0.25) is 0 Å². The van der Waals surface area contributed by atoms with Crippen LogP contribution in [0.25, 0.3) is 0 Å². The number of nitrogens with zero attached hydrogens (tertiary/aromatic N) is 3. The van der Waals surface area contributed by atoms with Crippen molar-refractivity contribution < 1.29 is 0 Å². The van der Waals surface area contributed by atoms with Crippen molar-refractivity contribution in [3.8, 4) is 0 Å². The van der Waals surface area contributed by atoms with Crippen LogP contribution in [0, 0.1) is 0 Å². The fourth-order valence-corrected chi connectivity index (χ4v) is 2.94. The molecule has 3 N–H and O–H groups in total. The third kappa shape index (κ3) is 4.53. The predicted molar refractivity (Wildman–Crippen MR) is 94.2 cm³/mol. The molecule has 3 rings (SSSR count). The van der Waals surface area contributed by atoms with E-state index in [9.17, 15) is 0 Å². The summed E-state index contributed by atoms with van der Waals surface area (Å²) in [5.41, 5.74) is 7.31. The first-order valence-corrected chi connectivity index (χ1v) is 8.07. The Hall–Kier alpha value is -2.40. The van der Waals surface area contributed by atoms with Crippen molar-refractivity contribution in [1.29, 1.82) is 0 Å². The summed E-state index contributed by atoms with van der Waals surface area (Å²) in [6.07, 6.45) is 4.13. The van der Waals surface area contributed by atoms with Crippen LogP contribution in [0.3, 0.4) is 0 Å². The molecule has 1 aliphatic rings. The van der Waals surface area contributed by atoms with E-state index in [0.717, 1.165) is 25.5 Å². The fraction of sp³-hybridized carbons (Fsp3) is 0.333. The second kappa shape index (κ2) is 7.74. The molecule has 0 amide bonds. The van der Waals surface area contributed by atoms with Gasteiger partial charge in [0.25, 0.3) is 0 Å². The highest BCUT2D eigenvalue weighted by molar-refractivity contribution is 5.91. The molecule has 1 fully saturated rings. The van der Waals surface area contributed by atoms with E-state index < -0.39 is 0 Å². The van der Waals surface area contributed by atoms with E-state index in [4.69, 9.17) is 5.73 Å². The normalized spacial score (nSPS) is 19.0. The standard InChI is InChI=1S/C18H23N5/c19-18(22-17-10-4-5-11-20-17)21-13-16-9-6-12-23(16)14-15-7-2-1-3-8-15/h1-5,7-8,10-11,16H,6,9,12-14H2,(H3,19,20,21,22). The van der Waals surface area contributed by atoms with Crippen molar-refractivity contribution in [3.63, 3.8) is 0 Å². The zero-order chi connectivity index (χ0) is 15.9. The highest BCUT2D eigenvalue weighted by atomic mass is 15.2. The molecule has 2 aromatic rings. The van der Waals surface area contributed by atoms with E-state index in [0.29, 0.717) is 12.0 Å². The molecule has 1 aromatic heterocycles. The van der Waals surface area contributed by atoms with Gasteiger partial charge in [0, 0.05) is 18.8 Å². The summed E-state index contributed by atoms with van der Waals surface area (Å²) in [5.74, 6) is 1.15. The van der Waals surface area contributed by atoms with Gasteiger partial charge in [0.15, 0.2) is 5.96 Å². The topological polar surface area (TPSA) is 66.5 Å². The minimum Gasteiger partial charge on any atom is -0.370 e. The molecule has 1 saturated heterocycles. The fourth-order valence-electron chi connectivity index (χ4n) is 2.94. The lowest BCUT2D eigenvalue weighted by Crippen LogP contribution is -2.33. The molecule has 1 aromatic carbocycles. The summed E-state index contributed by atoms with van der Waals surface area (Å²) in [4.78, 5) is 11.2. The molecule has 0 saturated carbocycles. The Labute approximate surface area is 137 Å². The van der Waals surface area contributed by atoms with Crippen LogP contribution in [0.5, 0.6) is 0 Å². The number of benzene rings is 1. The number of nitrogens with one attached hydrogen (secondary N) is 1. The smallest absolute Gasteiger partial charge is 0.194 e. The van der Waals surface area contributed by atoms with E-state index in [1.165, 1.54) is 18.4 Å². The number of aromatic nitrogens is 1. The van der Waals surface area contributed by atoms with Gasteiger partial charge in [0.1, 0.15) is 5.82 Å². The van der Waals surface area contributed by atoms with Crippen molar-refractivity contribution in [2.45, 2.75) is 25.4 Å². The average molecular weight is 309 g/mol. The largest absolute Gasteiger partial charge is 0.370 e. The number of hydrogen-bond donors (Lipinski definition) is 2. The number of guanidine groups is 1. The number of pyridine rings is 1. The quantitative estimate of drug-likeness (QED) is 0.658. The van der Waals surface area contributed by atoms with Crippen molar-refractivity contribution in [2.75, 3.05) is 18.4 Å². The minimum atomic E-state index is 0.426. The molecule has 5 nitrogen and oxygen atoms in total. The van der Waals surface area contributed by atoms with Gasteiger partial charge in [-0.15, -0.1) is 0 Å². The van der Waals surface area contributed by atoms with Gasteiger partial charge >= 0.3 is 0 Å². The van der Waals surface area contributed by atoms with E-state index in [-0.39, 0.29) is 0 Å². The first kappa shape index (κ1) is 15.5. The number of likely N-dealkylation sites (tertiary alicyclic amines) is 1. The zero-order valence-corrected chi connectivity index (χ0v) is 13.2. The van der Waals surface area contributed by atoms with Crippen molar-refractivity contribution in [1.82, 2.24) is 9.88 Å². The number of anilines is 1. The Morgan fingerprint density at radius 3 is 2.83 bits per heavy atom. The summed E-state index contributed by atoms with van der Waals surface area (Å²) in [7, 11) is 0. The average Bonchev–Trinajstić information content (AvgIpc) is 3.02. The van der Waals surface area contributed by atoms with Crippen molar-refractivity contribution in [3.05, 3.63) is 60.3 Å². The molecule has 1 aliphatic heterocycles. The van der Waals surface area contributed by atoms with Gasteiger partial charge in [-0.3, -0.25) is 9.89 Å². The van der Waals surface area contributed by atoms with Crippen LogP contribution >= 0.6 is 0 Å². The molecule has 0 bridgehead atoms. The third-order valence-electron chi connectivity index (χ3n) is 4.12. The van der Waals surface area contributed by atoms with E-state index >= 15 is 0 Å². The van der Waals surface area contributed by atoms with Crippen LogP contribution in [-0.4, -0.2) is 35.0 Å². The molecular weight excluding hydrogens is 286 g/mol. The van der Waals surface area contributed by atoms with Gasteiger partial charge in [-0.25, -0.2) is 4.98 Å². The third-order valence-corrected chi connectivity index (χ3v) is 4.12. The Kier molecular flexibility index (Phi) is 5.21. The van der Waals surface area contributed by atoms with Crippen LogP contribution < -0.4 is 11.1 Å². The van der Waals surface area contributed by atoms with Crippen LogP contribution in [0.2, 0.25) is 0 Å². The van der Waals surface area contributed by atoms with Crippen LogP contribution in [0.4, 0.5) is 5.82 Å². The lowest BCUT2D eigenvalue weighted by molar-refractivity contribution is 0.250. The van der Waals surface area contributed by atoms with Gasteiger partial charge in [-0.05, 0) is 37.1 Å². The first-order chi connectivity index (χ1) is 11.3. The van der Waals surface area contributed by atoms with Gasteiger partial charge in [0.05, 0.1) is 6.54 Å². The Bertz CT molecular complexity index is 626. The summed E-state index contributed by atoms with van der Waals surface area (Å²) < 4.78 is 0. The molecule has 0 radical (unpaired) electrons. The summed E-state index contributed by atoms with van der Waals surface area (Å²) >= 11 is 0. The number of aliphatic imine (C=N–C) groups is 1. The van der Waals surface area contributed by atoms with Crippen LogP contribution in [0.1, 0.15) is 18.4 Å². The Morgan fingerprint density at radius 1 is 1.22 bits per heavy atom. The van der Waals surface area contributed by atoms with Crippen LogP contribution in [0.15, 0.2) is 59.7 Å². The minimum absolute atomic E-state index is 0.426. The van der Waals surface area contributed by atoms with Gasteiger partial charge < -0.3 is 11.1 Å². The molecule has 0 spiro atoms. The number of hydrogen-bond acceptors (Lipinski definition) is 3. The van der Waals surface area contributed by atoms with E-state index in [1.54, 1.807) is 6.20 Å². The predicted octanol–water partition coefficient (Wildman–Crippen LogP) is 2.47. The lowest BCUT2D eigenvalue weighted by Gasteiger charge is -2.23. The SMILES string of the molecule is NC(=NCC1CCCN1Cc1ccccc1)Nc1ccccn1. The molecule has 23 heavy (non-hydrogen) atoms. The highest BCUT2D eigenvalue weighted by Gasteiger charge is 2.24. The maximum absolute atomic E-state index is 5.96. The molecular formula is C18H23N5. The maximum Gasteiger partial charge on any atom is 0.194 e.